The Labute approximate surface area is 111 Å². The van der Waals surface area contributed by atoms with Crippen molar-refractivity contribution in [3.05, 3.63) is 64.2 Å². The Kier molecular flexibility index (Phi) is 3.02. The Morgan fingerprint density at radius 2 is 2.18 bits per heavy atom. The Morgan fingerprint density at radius 1 is 1.24 bits per heavy atom. The normalized spacial score (nSPS) is 22.8. The number of allylic oxidation sites excluding steroid dienone is 6. The molecule has 0 aliphatic heterocycles. The highest BCUT2D eigenvalue weighted by molar-refractivity contribution is 9.10. The average molecular weight is 287 g/mol. The van der Waals surface area contributed by atoms with Crippen LogP contribution in [0.25, 0.3) is 5.57 Å². The lowest BCUT2D eigenvalue weighted by Gasteiger charge is -2.24. The van der Waals surface area contributed by atoms with Crippen molar-refractivity contribution in [2.45, 2.75) is 19.3 Å². The summed E-state index contributed by atoms with van der Waals surface area (Å²) in [6.45, 7) is 0. The number of benzene rings is 1. The molecule has 0 bridgehead atoms. The van der Waals surface area contributed by atoms with Crippen LogP contribution >= 0.6 is 15.9 Å². The fraction of sp³-hybridized carbons (Fsp3) is 0.250. The quantitative estimate of drug-likeness (QED) is 0.671. The second-order valence-electron chi connectivity index (χ2n) is 4.73. The van der Waals surface area contributed by atoms with E-state index in [0.717, 1.165) is 10.4 Å². The first kappa shape index (κ1) is 11.0. The van der Waals surface area contributed by atoms with Gasteiger partial charge in [-0.1, -0.05) is 52.4 Å². The van der Waals surface area contributed by atoms with Crippen LogP contribution in [0.3, 0.4) is 0 Å². The minimum Gasteiger partial charge on any atom is -0.0842 e. The van der Waals surface area contributed by atoms with Gasteiger partial charge in [-0.25, -0.2) is 0 Å². The molecule has 1 heteroatoms. The van der Waals surface area contributed by atoms with Gasteiger partial charge in [0.05, 0.1) is 0 Å². The van der Waals surface area contributed by atoms with Gasteiger partial charge in [0.25, 0.3) is 0 Å². The van der Waals surface area contributed by atoms with Crippen LogP contribution in [-0.2, 0) is 0 Å². The third-order valence-electron chi connectivity index (χ3n) is 3.57. The molecule has 0 radical (unpaired) electrons. The summed E-state index contributed by atoms with van der Waals surface area (Å²) in [5, 5.41) is 0. The summed E-state index contributed by atoms with van der Waals surface area (Å²) in [4.78, 5) is 0. The summed E-state index contributed by atoms with van der Waals surface area (Å²) < 4.78 is 1.15. The zero-order chi connectivity index (χ0) is 11.7. The maximum absolute atomic E-state index is 3.54. The highest BCUT2D eigenvalue weighted by Crippen LogP contribution is 2.35. The minimum atomic E-state index is 0.760. The minimum absolute atomic E-state index is 0.760. The number of hydrogen-bond donors (Lipinski definition) is 0. The molecule has 1 aromatic carbocycles. The van der Waals surface area contributed by atoms with Gasteiger partial charge in [-0.05, 0) is 54.0 Å². The summed E-state index contributed by atoms with van der Waals surface area (Å²) in [5.41, 5.74) is 4.18. The van der Waals surface area contributed by atoms with E-state index in [1.54, 1.807) is 0 Å². The van der Waals surface area contributed by atoms with Crippen LogP contribution in [0.2, 0.25) is 0 Å². The van der Waals surface area contributed by atoms with E-state index in [2.05, 4.69) is 64.5 Å². The summed E-state index contributed by atoms with van der Waals surface area (Å²) >= 11 is 3.54. The van der Waals surface area contributed by atoms with Crippen LogP contribution < -0.4 is 0 Å². The molecule has 2 aliphatic carbocycles. The van der Waals surface area contributed by atoms with Gasteiger partial charge in [-0.2, -0.15) is 0 Å². The first-order valence-corrected chi connectivity index (χ1v) is 6.96. The third kappa shape index (κ3) is 2.30. The second kappa shape index (κ2) is 4.66. The summed E-state index contributed by atoms with van der Waals surface area (Å²) in [5.74, 6) is 0.760. The van der Waals surface area contributed by atoms with E-state index < -0.39 is 0 Å². The van der Waals surface area contributed by atoms with Crippen molar-refractivity contribution in [1.29, 1.82) is 0 Å². The van der Waals surface area contributed by atoms with Crippen LogP contribution in [0.5, 0.6) is 0 Å². The molecular formula is C16H15Br. The zero-order valence-corrected chi connectivity index (χ0v) is 11.3. The van der Waals surface area contributed by atoms with Crippen LogP contribution in [0, 0.1) is 5.92 Å². The zero-order valence-electron chi connectivity index (χ0n) is 9.70. The predicted molar refractivity (Wildman–Crippen MR) is 76.7 cm³/mol. The van der Waals surface area contributed by atoms with E-state index in [-0.39, 0.29) is 0 Å². The molecular weight excluding hydrogens is 272 g/mol. The molecule has 2 aliphatic rings. The van der Waals surface area contributed by atoms with Crippen molar-refractivity contribution < 1.29 is 0 Å². The maximum Gasteiger partial charge on any atom is 0.0181 e. The smallest absolute Gasteiger partial charge is 0.0181 e. The van der Waals surface area contributed by atoms with Gasteiger partial charge < -0.3 is 0 Å². The molecule has 0 aromatic heterocycles. The van der Waals surface area contributed by atoms with Gasteiger partial charge >= 0.3 is 0 Å². The Hall–Kier alpha value is -1.08. The number of halogens is 1. The molecule has 0 N–H and O–H groups in total. The van der Waals surface area contributed by atoms with Crippen molar-refractivity contribution in [2.75, 3.05) is 0 Å². The van der Waals surface area contributed by atoms with Crippen LogP contribution in [0.1, 0.15) is 24.8 Å². The first-order valence-electron chi connectivity index (χ1n) is 6.17. The van der Waals surface area contributed by atoms with Crippen molar-refractivity contribution in [3.8, 4) is 0 Å². The van der Waals surface area contributed by atoms with Crippen LogP contribution in [-0.4, -0.2) is 0 Å². The van der Waals surface area contributed by atoms with Gasteiger partial charge in [0.15, 0.2) is 0 Å². The molecule has 0 saturated heterocycles. The molecule has 0 nitrogen and oxygen atoms in total. The molecule has 0 heterocycles. The van der Waals surface area contributed by atoms with E-state index in [0.29, 0.717) is 0 Å². The van der Waals surface area contributed by atoms with Gasteiger partial charge in [0.1, 0.15) is 0 Å². The van der Waals surface area contributed by atoms with Gasteiger partial charge in [0, 0.05) is 4.47 Å². The van der Waals surface area contributed by atoms with E-state index >= 15 is 0 Å². The van der Waals surface area contributed by atoms with E-state index in [9.17, 15) is 0 Å². The van der Waals surface area contributed by atoms with Gasteiger partial charge in [0.2, 0.25) is 0 Å². The van der Waals surface area contributed by atoms with Crippen molar-refractivity contribution in [2.24, 2.45) is 5.92 Å². The van der Waals surface area contributed by atoms with Gasteiger partial charge in [-0.3, -0.25) is 0 Å². The summed E-state index contributed by atoms with van der Waals surface area (Å²) in [6, 6.07) is 8.54. The Balaban J connectivity index is 1.95. The van der Waals surface area contributed by atoms with Crippen molar-refractivity contribution in [1.82, 2.24) is 0 Å². The van der Waals surface area contributed by atoms with Gasteiger partial charge in [-0.15, -0.1) is 0 Å². The molecule has 86 valence electrons. The fourth-order valence-electron chi connectivity index (χ4n) is 2.62. The lowest BCUT2D eigenvalue weighted by Crippen LogP contribution is -2.08. The molecule has 0 amide bonds. The molecule has 0 fully saturated rings. The fourth-order valence-corrected chi connectivity index (χ4v) is 3.02. The summed E-state index contributed by atoms with van der Waals surface area (Å²) in [6.07, 6.45) is 13.1. The maximum atomic E-state index is 3.54. The van der Waals surface area contributed by atoms with Crippen molar-refractivity contribution in [3.63, 3.8) is 0 Å². The SMILES string of the molecule is Brc1cccc(C2=CCC3CCC=CC3=C2)c1. The van der Waals surface area contributed by atoms with E-state index in [1.165, 1.54) is 36.0 Å². The molecule has 0 saturated carbocycles. The topological polar surface area (TPSA) is 0 Å². The standard InChI is InChI=1S/C16H15Br/c17-16-7-3-6-14(11-16)15-9-8-12-4-1-2-5-13(12)10-15/h2-3,5-7,9-12H,1,4,8H2. The highest BCUT2D eigenvalue weighted by Gasteiger charge is 2.18. The molecule has 1 aromatic rings. The van der Waals surface area contributed by atoms with E-state index in [1.807, 2.05) is 0 Å². The molecule has 1 atom stereocenters. The molecule has 1 unspecified atom stereocenters. The Morgan fingerprint density at radius 3 is 3.06 bits per heavy atom. The predicted octanol–water partition coefficient (Wildman–Crippen LogP) is 5.13. The third-order valence-corrected chi connectivity index (χ3v) is 4.06. The van der Waals surface area contributed by atoms with Crippen LogP contribution in [0.4, 0.5) is 0 Å². The van der Waals surface area contributed by atoms with E-state index in [4.69, 9.17) is 0 Å². The number of fused-ring (bicyclic) bond motifs is 1. The monoisotopic (exact) mass is 286 g/mol. The van der Waals surface area contributed by atoms with Crippen LogP contribution in [0.15, 0.2) is 58.6 Å². The molecule has 3 rings (SSSR count). The average Bonchev–Trinajstić information content (AvgIpc) is 2.38. The second-order valence-corrected chi connectivity index (χ2v) is 5.64. The summed E-state index contributed by atoms with van der Waals surface area (Å²) in [7, 11) is 0. The molecule has 17 heavy (non-hydrogen) atoms. The van der Waals surface area contributed by atoms with Crippen molar-refractivity contribution >= 4 is 21.5 Å². The first-order chi connectivity index (χ1) is 8.33. The number of hydrogen-bond acceptors (Lipinski definition) is 0. The highest BCUT2D eigenvalue weighted by atomic mass is 79.9. The lowest BCUT2D eigenvalue weighted by atomic mass is 9.81. The number of rotatable bonds is 1. The lowest BCUT2D eigenvalue weighted by molar-refractivity contribution is 0.567. The largest absolute Gasteiger partial charge is 0.0842 e. The Bertz CT molecular complexity index is 520. The molecule has 0 spiro atoms.